The minimum Gasteiger partial charge on any atom is -0.313 e. The molecular formula is C16H19BrFNS. The average molecular weight is 356 g/mol. The first-order valence-electron chi connectivity index (χ1n) is 6.88. The molecule has 1 unspecified atom stereocenters. The van der Waals surface area contributed by atoms with Crippen LogP contribution >= 0.6 is 27.3 Å². The van der Waals surface area contributed by atoms with Gasteiger partial charge in [0.25, 0.3) is 0 Å². The SMILES string of the molecule is CCCNC(Cc1cccc(F)c1)Cc1sccc1Br. The Morgan fingerprint density at radius 2 is 2.15 bits per heavy atom. The summed E-state index contributed by atoms with van der Waals surface area (Å²) in [6, 6.07) is 9.32. The van der Waals surface area contributed by atoms with E-state index < -0.39 is 0 Å². The van der Waals surface area contributed by atoms with Crippen LogP contribution in [0, 0.1) is 5.82 Å². The van der Waals surface area contributed by atoms with Crippen molar-refractivity contribution in [2.75, 3.05) is 6.54 Å². The molecule has 4 heteroatoms. The molecule has 0 saturated carbocycles. The van der Waals surface area contributed by atoms with E-state index in [0.29, 0.717) is 6.04 Å². The van der Waals surface area contributed by atoms with Crippen LogP contribution in [0.3, 0.4) is 0 Å². The molecule has 1 aromatic carbocycles. The average Bonchev–Trinajstić information content (AvgIpc) is 2.82. The maximum Gasteiger partial charge on any atom is 0.123 e. The summed E-state index contributed by atoms with van der Waals surface area (Å²) in [5.74, 6) is -0.158. The zero-order chi connectivity index (χ0) is 14.4. The van der Waals surface area contributed by atoms with Crippen LogP contribution in [0.1, 0.15) is 23.8 Å². The van der Waals surface area contributed by atoms with Crippen molar-refractivity contribution in [2.24, 2.45) is 0 Å². The standard InChI is InChI=1S/C16H19BrFNS/c1-2-7-19-14(11-16-15(17)6-8-20-16)10-12-4-3-5-13(18)9-12/h3-6,8-9,14,19H,2,7,10-11H2,1H3. The van der Waals surface area contributed by atoms with Crippen LogP contribution in [-0.4, -0.2) is 12.6 Å². The molecule has 0 amide bonds. The molecular weight excluding hydrogens is 337 g/mol. The molecule has 1 N–H and O–H groups in total. The van der Waals surface area contributed by atoms with Crippen molar-refractivity contribution in [1.82, 2.24) is 5.32 Å². The number of rotatable bonds is 7. The molecule has 0 spiro atoms. The molecule has 108 valence electrons. The molecule has 1 heterocycles. The Kier molecular flexibility index (Phi) is 6.20. The molecule has 1 atom stereocenters. The summed E-state index contributed by atoms with van der Waals surface area (Å²) in [6.45, 7) is 3.15. The number of benzene rings is 1. The molecule has 20 heavy (non-hydrogen) atoms. The van der Waals surface area contributed by atoms with Gasteiger partial charge in [0.05, 0.1) is 0 Å². The maximum atomic E-state index is 13.3. The van der Waals surface area contributed by atoms with E-state index in [9.17, 15) is 4.39 Å². The second kappa shape index (κ2) is 7.91. The maximum absolute atomic E-state index is 13.3. The van der Waals surface area contributed by atoms with Gasteiger partial charge in [0.15, 0.2) is 0 Å². The normalized spacial score (nSPS) is 12.6. The van der Waals surface area contributed by atoms with E-state index in [1.807, 2.05) is 6.07 Å². The van der Waals surface area contributed by atoms with Gasteiger partial charge >= 0.3 is 0 Å². The molecule has 0 aliphatic carbocycles. The lowest BCUT2D eigenvalue weighted by atomic mass is 10.0. The van der Waals surface area contributed by atoms with Crippen LogP contribution in [-0.2, 0) is 12.8 Å². The molecule has 0 aliphatic rings. The smallest absolute Gasteiger partial charge is 0.123 e. The predicted octanol–water partition coefficient (Wildman–Crippen LogP) is 4.80. The third kappa shape index (κ3) is 4.69. The van der Waals surface area contributed by atoms with E-state index >= 15 is 0 Å². The van der Waals surface area contributed by atoms with Crippen LogP contribution in [0.15, 0.2) is 40.2 Å². The van der Waals surface area contributed by atoms with Gasteiger partial charge in [0.2, 0.25) is 0 Å². The van der Waals surface area contributed by atoms with E-state index in [0.717, 1.165) is 31.4 Å². The Morgan fingerprint density at radius 3 is 2.80 bits per heavy atom. The van der Waals surface area contributed by atoms with Crippen LogP contribution < -0.4 is 5.32 Å². The lowest BCUT2D eigenvalue weighted by Crippen LogP contribution is -2.33. The number of hydrogen-bond acceptors (Lipinski definition) is 2. The van der Waals surface area contributed by atoms with Gasteiger partial charge in [-0.3, -0.25) is 0 Å². The largest absolute Gasteiger partial charge is 0.313 e. The van der Waals surface area contributed by atoms with Gasteiger partial charge in [0.1, 0.15) is 5.82 Å². The van der Waals surface area contributed by atoms with Crippen molar-refractivity contribution in [3.63, 3.8) is 0 Å². The van der Waals surface area contributed by atoms with Gasteiger partial charge in [-0.2, -0.15) is 0 Å². The third-order valence-corrected chi connectivity index (χ3v) is 5.13. The highest BCUT2D eigenvalue weighted by atomic mass is 79.9. The van der Waals surface area contributed by atoms with E-state index in [2.05, 4.69) is 39.6 Å². The van der Waals surface area contributed by atoms with E-state index in [1.165, 1.54) is 15.4 Å². The Bertz CT molecular complexity index is 541. The summed E-state index contributed by atoms with van der Waals surface area (Å²) >= 11 is 5.35. The summed E-state index contributed by atoms with van der Waals surface area (Å²) < 4.78 is 14.5. The van der Waals surface area contributed by atoms with Crippen molar-refractivity contribution in [3.8, 4) is 0 Å². The van der Waals surface area contributed by atoms with Crippen molar-refractivity contribution >= 4 is 27.3 Å². The third-order valence-electron chi connectivity index (χ3n) is 3.18. The van der Waals surface area contributed by atoms with Crippen LogP contribution in [0.4, 0.5) is 4.39 Å². The highest BCUT2D eigenvalue weighted by Gasteiger charge is 2.13. The number of thiophene rings is 1. The minimum atomic E-state index is -0.158. The first-order valence-corrected chi connectivity index (χ1v) is 8.56. The number of nitrogens with one attached hydrogen (secondary N) is 1. The monoisotopic (exact) mass is 355 g/mol. The number of halogens is 2. The van der Waals surface area contributed by atoms with Gasteiger partial charge in [-0.05, 0) is 70.9 Å². The lowest BCUT2D eigenvalue weighted by molar-refractivity contribution is 0.505. The van der Waals surface area contributed by atoms with E-state index in [4.69, 9.17) is 0 Å². The van der Waals surface area contributed by atoms with Crippen molar-refractivity contribution in [2.45, 2.75) is 32.2 Å². The van der Waals surface area contributed by atoms with Gasteiger partial charge in [-0.15, -0.1) is 11.3 Å². The summed E-state index contributed by atoms with van der Waals surface area (Å²) in [5.41, 5.74) is 1.05. The fourth-order valence-corrected chi connectivity index (χ4v) is 3.80. The summed E-state index contributed by atoms with van der Waals surface area (Å²) in [7, 11) is 0. The van der Waals surface area contributed by atoms with Gasteiger partial charge < -0.3 is 5.32 Å². The Hall–Kier alpha value is -0.710. The van der Waals surface area contributed by atoms with Gasteiger partial charge in [-0.25, -0.2) is 4.39 Å². The predicted molar refractivity (Wildman–Crippen MR) is 87.9 cm³/mol. The lowest BCUT2D eigenvalue weighted by Gasteiger charge is -2.18. The highest BCUT2D eigenvalue weighted by Crippen LogP contribution is 2.24. The molecule has 0 saturated heterocycles. The summed E-state index contributed by atoms with van der Waals surface area (Å²) in [4.78, 5) is 1.34. The molecule has 0 bridgehead atoms. The molecule has 1 nitrogen and oxygen atoms in total. The highest BCUT2D eigenvalue weighted by molar-refractivity contribution is 9.10. The van der Waals surface area contributed by atoms with Crippen LogP contribution in [0.5, 0.6) is 0 Å². The van der Waals surface area contributed by atoms with Crippen LogP contribution in [0.25, 0.3) is 0 Å². The summed E-state index contributed by atoms with van der Waals surface area (Å²) in [5, 5.41) is 5.66. The quantitative estimate of drug-likeness (QED) is 0.751. The number of hydrogen-bond donors (Lipinski definition) is 1. The molecule has 2 aromatic rings. The fourth-order valence-electron chi connectivity index (χ4n) is 2.21. The first kappa shape index (κ1) is 15.7. The summed E-state index contributed by atoms with van der Waals surface area (Å²) in [6.07, 6.45) is 2.92. The fraction of sp³-hybridized carbons (Fsp3) is 0.375. The van der Waals surface area contributed by atoms with Crippen molar-refractivity contribution in [1.29, 1.82) is 0 Å². The molecule has 0 radical (unpaired) electrons. The van der Waals surface area contributed by atoms with Gasteiger partial charge in [0, 0.05) is 15.4 Å². The first-order chi connectivity index (χ1) is 9.69. The minimum absolute atomic E-state index is 0.158. The van der Waals surface area contributed by atoms with Crippen molar-refractivity contribution < 1.29 is 4.39 Å². The second-order valence-electron chi connectivity index (χ2n) is 4.88. The zero-order valence-electron chi connectivity index (χ0n) is 11.5. The molecule has 0 aliphatic heterocycles. The molecule has 2 rings (SSSR count). The van der Waals surface area contributed by atoms with E-state index in [-0.39, 0.29) is 5.82 Å². The van der Waals surface area contributed by atoms with Crippen molar-refractivity contribution in [3.05, 3.63) is 56.4 Å². The van der Waals surface area contributed by atoms with E-state index in [1.54, 1.807) is 23.5 Å². The second-order valence-corrected chi connectivity index (χ2v) is 6.74. The Morgan fingerprint density at radius 1 is 1.30 bits per heavy atom. The molecule has 1 aromatic heterocycles. The van der Waals surface area contributed by atoms with Gasteiger partial charge in [-0.1, -0.05) is 19.1 Å². The Balaban J connectivity index is 2.05. The molecule has 0 fully saturated rings. The zero-order valence-corrected chi connectivity index (χ0v) is 13.9. The Labute approximate surface area is 132 Å². The topological polar surface area (TPSA) is 12.0 Å². The van der Waals surface area contributed by atoms with Crippen LogP contribution in [0.2, 0.25) is 0 Å².